The molecule has 0 saturated carbocycles. The van der Waals surface area contributed by atoms with Crippen LogP contribution in [0, 0.1) is 17.0 Å². The molecule has 1 heterocycles. The van der Waals surface area contributed by atoms with Gasteiger partial charge in [-0.25, -0.2) is 9.48 Å². The van der Waals surface area contributed by atoms with Crippen LogP contribution in [0.25, 0.3) is 16.9 Å². The van der Waals surface area contributed by atoms with Gasteiger partial charge < -0.3 is 5.11 Å². The molecule has 0 aliphatic carbocycles. The fourth-order valence-corrected chi connectivity index (χ4v) is 2.41. The summed E-state index contributed by atoms with van der Waals surface area (Å²) in [4.78, 5) is 22.3. The number of aryl methyl sites for hydroxylation is 1. The van der Waals surface area contributed by atoms with Crippen molar-refractivity contribution in [1.82, 2.24) is 15.0 Å². The van der Waals surface area contributed by atoms with Crippen LogP contribution in [0.1, 0.15) is 16.1 Å². The van der Waals surface area contributed by atoms with E-state index in [-0.39, 0.29) is 22.8 Å². The Morgan fingerprint density at radius 2 is 1.92 bits per heavy atom. The van der Waals surface area contributed by atoms with Crippen LogP contribution >= 0.6 is 0 Å². The minimum Gasteiger partial charge on any atom is -0.476 e. The lowest BCUT2D eigenvalue weighted by Crippen LogP contribution is -2.06. The number of aromatic carboxylic acids is 1. The molecule has 8 nitrogen and oxygen atoms in total. The van der Waals surface area contributed by atoms with E-state index in [1.54, 1.807) is 43.3 Å². The van der Waals surface area contributed by atoms with Gasteiger partial charge in [0, 0.05) is 11.6 Å². The highest BCUT2D eigenvalue weighted by molar-refractivity contribution is 5.93. The zero-order valence-electron chi connectivity index (χ0n) is 12.6. The van der Waals surface area contributed by atoms with Crippen LogP contribution in [0.3, 0.4) is 0 Å². The number of carboxylic acid groups (broad SMARTS) is 1. The molecule has 0 fully saturated rings. The lowest BCUT2D eigenvalue weighted by atomic mass is 10.1. The molecule has 24 heavy (non-hydrogen) atoms. The second-order valence-electron chi connectivity index (χ2n) is 5.12. The van der Waals surface area contributed by atoms with E-state index in [4.69, 9.17) is 0 Å². The Balaban J connectivity index is 2.31. The van der Waals surface area contributed by atoms with Crippen molar-refractivity contribution in [2.75, 3.05) is 0 Å². The van der Waals surface area contributed by atoms with E-state index < -0.39 is 10.9 Å². The minimum atomic E-state index is -1.25. The Kier molecular flexibility index (Phi) is 3.78. The summed E-state index contributed by atoms with van der Waals surface area (Å²) in [6.45, 7) is 1.74. The Labute approximate surface area is 136 Å². The average Bonchev–Trinajstić information content (AvgIpc) is 3.00. The van der Waals surface area contributed by atoms with Crippen LogP contribution in [0.4, 0.5) is 5.69 Å². The Hall–Kier alpha value is -3.55. The molecule has 1 N–H and O–H groups in total. The largest absolute Gasteiger partial charge is 0.476 e. The van der Waals surface area contributed by atoms with Crippen LogP contribution in [-0.4, -0.2) is 31.0 Å². The van der Waals surface area contributed by atoms with E-state index in [1.165, 1.54) is 16.8 Å². The topological polar surface area (TPSA) is 111 Å². The third kappa shape index (κ3) is 2.60. The molecule has 0 radical (unpaired) electrons. The van der Waals surface area contributed by atoms with Crippen LogP contribution < -0.4 is 0 Å². The van der Waals surface area contributed by atoms with Crippen molar-refractivity contribution in [3.8, 4) is 16.9 Å². The molecule has 0 atom stereocenters. The lowest BCUT2D eigenvalue weighted by molar-refractivity contribution is -0.384. The predicted octanol–water partition coefficient (Wildman–Crippen LogP) is 2.85. The van der Waals surface area contributed by atoms with Gasteiger partial charge in [-0.05, 0) is 18.6 Å². The van der Waals surface area contributed by atoms with Crippen molar-refractivity contribution in [3.63, 3.8) is 0 Å². The normalized spacial score (nSPS) is 10.5. The number of rotatable bonds is 4. The number of nitrogens with zero attached hydrogens (tertiary/aromatic N) is 4. The summed E-state index contributed by atoms with van der Waals surface area (Å²) in [5.74, 6) is -1.25. The summed E-state index contributed by atoms with van der Waals surface area (Å²) in [5, 5.41) is 28.2. The third-order valence-electron chi connectivity index (χ3n) is 3.48. The molecule has 3 rings (SSSR count). The van der Waals surface area contributed by atoms with Gasteiger partial charge in [-0.15, -0.1) is 5.10 Å². The number of nitro benzene ring substituents is 1. The standard InChI is InChI=1S/C16H12N4O4/c1-10-7-8-12(13(9-10)20(23)24)19-15(11-5-3-2-4-6-11)14(16(21)22)17-18-19/h2-9H,1H3,(H,21,22). The molecule has 1 aromatic heterocycles. The summed E-state index contributed by atoms with van der Waals surface area (Å²) in [6, 6.07) is 13.3. The fourth-order valence-electron chi connectivity index (χ4n) is 2.41. The molecular weight excluding hydrogens is 312 g/mol. The summed E-state index contributed by atoms with van der Waals surface area (Å²) < 4.78 is 1.19. The first-order valence-corrected chi connectivity index (χ1v) is 6.99. The number of nitro groups is 1. The first-order valence-electron chi connectivity index (χ1n) is 6.99. The number of benzene rings is 2. The maximum absolute atomic E-state index is 11.5. The first kappa shape index (κ1) is 15.3. The Bertz CT molecular complexity index is 935. The van der Waals surface area contributed by atoms with E-state index in [2.05, 4.69) is 10.3 Å². The van der Waals surface area contributed by atoms with Crippen LogP contribution in [0.15, 0.2) is 48.5 Å². The summed E-state index contributed by atoms with van der Waals surface area (Å²) in [5.41, 5.74) is 1.17. The van der Waals surface area contributed by atoms with Gasteiger partial charge in [-0.2, -0.15) is 0 Å². The second kappa shape index (κ2) is 5.92. The highest BCUT2D eigenvalue weighted by atomic mass is 16.6. The molecule has 0 spiro atoms. The maximum atomic E-state index is 11.5. The molecule has 0 aliphatic heterocycles. The highest BCUT2D eigenvalue weighted by Crippen LogP contribution is 2.30. The number of hydrogen-bond donors (Lipinski definition) is 1. The molecule has 0 unspecified atom stereocenters. The molecule has 3 aromatic rings. The number of hydrogen-bond acceptors (Lipinski definition) is 5. The molecule has 8 heteroatoms. The average molecular weight is 324 g/mol. The SMILES string of the molecule is Cc1ccc(-n2nnc(C(=O)O)c2-c2ccccc2)c([N+](=O)[O-])c1. The minimum absolute atomic E-state index is 0.157. The van der Waals surface area contributed by atoms with E-state index >= 15 is 0 Å². The smallest absolute Gasteiger partial charge is 0.358 e. The molecule has 0 bridgehead atoms. The van der Waals surface area contributed by atoms with Gasteiger partial charge >= 0.3 is 5.97 Å². The zero-order valence-corrected chi connectivity index (χ0v) is 12.6. The van der Waals surface area contributed by atoms with Crippen LogP contribution in [0.5, 0.6) is 0 Å². The van der Waals surface area contributed by atoms with Crippen molar-refractivity contribution in [3.05, 3.63) is 69.9 Å². The van der Waals surface area contributed by atoms with Gasteiger partial charge in [-0.3, -0.25) is 10.1 Å². The van der Waals surface area contributed by atoms with Gasteiger partial charge in [0.2, 0.25) is 0 Å². The van der Waals surface area contributed by atoms with Crippen molar-refractivity contribution in [2.45, 2.75) is 6.92 Å². The molecule has 0 aliphatic rings. The van der Waals surface area contributed by atoms with Crippen molar-refractivity contribution in [2.24, 2.45) is 0 Å². The number of aromatic nitrogens is 3. The van der Waals surface area contributed by atoms with Crippen molar-refractivity contribution < 1.29 is 14.8 Å². The molecule has 0 saturated heterocycles. The maximum Gasteiger partial charge on any atom is 0.358 e. The zero-order chi connectivity index (χ0) is 17.3. The number of carbonyl (C=O) groups is 1. The van der Waals surface area contributed by atoms with Gasteiger partial charge in [0.1, 0.15) is 11.4 Å². The summed E-state index contributed by atoms with van der Waals surface area (Å²) in [6.07, 6.45) is 0. The second-order valence-corrected chi connectivity index (χ2v) is 5.12. The van der Waals surface area contributed by atoms with Crippen LogP contribution in [0.2, 0.25) is 0 Å². The van der Waals surface area contributed by atoms with Crippen LogP contribution in [-0.2, 0) is 0 Å². The molecule has 120 valence electrons. The van der Waals surface area contributed by atoms with E-state index in [0.29, 0.717) is 11.1 Å². The van der Waals surface area contributed by atoms with E-state index in [9.17, 15) is 20.0 Å². The highest BCUT2D eigenvalue weighted by Gasteiger charge is 2.25. The monoisotopic (exact) mass is 324 g/mol. The Morgan fingerprint density at radius 3 is 2.54 bits per heavy atom. The van der Waals surface area contributed by atoms with Gasteiger partial charge in [-0.1, -0.05) is 41.6 Å². The first-order chi connectivity index (χ1) is 11.5. The molecular formula is C16H12N4O4. The van der Waals surface area contributed by atoms with Gasteiger partial charge in [0.25, 0.3) is 5.69 Å². The lowest BCUT2D eigenvalue weighted by Gasteiger charge is -2.08. The fraction of sp³-hybridized carbons (Fsp3) is 0.0625. The third-order valence-corrected chi connectivity index (χ3v) is 3.48. The molecule has 2 aromatic carbocycles. The van der Waals surface area contributed by atoms with E-state index in [1.807, 2.05) is 0 Å². The molecule has 0 amide bonds. The van der Waals surface area contributed by atoms with Crippen molar-refractivity contribution >= 4 is 11.7 Å². The quantitative estimate of drug-likeness (QED) is 0.583. The van der Waals surface area contributed by atoms with E-state index in [0.717, 1.165) is 0 Å². The van der Waals surface area contributed by atoms with Gasteiger partial charge in [0.15, 0.2) is 5.69 Å². The Morgan fingerprint density at radius 1 is 1.21 bits per heavy atom. The predicted molar refractivity (Wildman–Crippen MR) is 85.1 cm³/mol. The number of carboxylic acids is 1. The summed E-state index contributed by atoms with van der Waals surface area (Å²) in [7, 11) is 0. The summed E-state index contributed by atoms with van der Waals surface area (Å²) >= 11 is 0. The van der Waals surface area contributed by atoms with Crippen molar-refractivity contribution in [1.29, 1.82) is 0 Å². The van der Waals surface area contributed by atoms with Gasteiger partial charge in [0.05, 0.1) is 4.92 Å².